The Morgan fingerprint density at radius 1 is 0.741 bits per heavy atom. The third-order valence-corrected chi connectivity index (χ3v) is 5.52. The van der Waals surface area contributed by atoms with E-state index in [0.717, 1.165) is 38.7 Å². The van der Waals surface area contributed by atoms with Crippen LogP contribution in [0.3, 0.4) is 0 Å². The monoisotopic (exact) mass is 372 g/mol. The normalized spacial score (nSPS) is 11.5. The Bertz CT molecular complexity index is 993. The van der Waals surface area contributed by atoms with Crippen LogP contribution in [-0.4, -0.2) is 10.2 Å². The minimum Gasteiger partial charge on any atom is -0.282 e. The zero-order valence-corrected chi connectivity index (χ0v) is 16.2. The minimum atomic E-state index is -0.554. The van der Waals surface area contributed by atoms with Gasteiger partial charge in [-0.15, -0.1) is 0 Å². The van der Waals surface area contributed by atoms with Crippen LogP contribution in [0.25, 0.3) is 0 Å². The van der Waals surface area contributed by atoms with Crippen LogP contribution in [0.5, 0.6) is 0 Å². The van der Waals surface area contributed by atoms with E-state index in [0.29, 0.717) is 0 Å². The van der Waals surface area contributed by atoms with Gasteiger partial charge in [-0.05, 0) is 36.6 Å². The maximum absolute atomic E-state index is 6.80. The van der Waals surface area contributed by atoms with Crippen LogP contribution in [-0.2, 0) is 5.41 Å². The first kappa shape index (κ1) is 17.6. The number of aromatic nitrogens is 2. The molecule has 0 fully saturated rings. The molecule has 1 aromatic heterocycles. The highest BCUT2D eigenvalue weighted by molar-refractivity contribution is 6.31. The third kappa shape index (κ3) is 2.77. The molecule has 0 aliphatic heterocycles. The lowest BCUT2D eigenvalue weighted by molar-refractivity contribution is 0.733. The van der Waals surface area contributed by atoms with Gasteiger partial charge in [-0.3, -0.25) is 5.10 Å². The quantitative estimate of drug-likeness (QED) is 0.433. The molecule has 0 amide bonds. The molecule has 3 aromatic carbocycles. The van der Waals surface area contributed by atoms with Crippen molar-refractivity contribution in [1.82, 2.24) is 10.2 Å². The summed E-state index contributed by atoms with van der Waals surface area (Å²) in [7, 11) is 0. The standard InChI is InChI=1S/C24H21ClN2/c1-17-23(18(2)27-26-17)24(19-11-5-3-6-12-19,20-13-7-4-8-14-20)21-15-9-10-16-22(21)25/h3-16H,1-2H3,(H,26,27). The summed E-state index contributed by atoms with van der Waals surface area (Å²) in [4.78, 5) is 0. The Morgan fingerprint density at radius 3 is 1.74 bits per heavy atom. The van der Waals surface area contributed by atoms with Crippen molar-refractivity contribution in [2.75, 3.05) is 0 Å². The van der Waals surface area contributed by atoms with Gasteiger partial charge in [0, 0.05) is 16.3 Å². The van der Waals surface area contributed by atoms with Crippen molar-refractivity contribution in [3.8, 4) is 0 Å². The largest absolute Gasteiger partial charge is 0.282 e. The summed E-state index contributed by atoms with van der Waals surface area (Å²) in [6, 6.07) is 29.2. The van der Waals surface area contributed by atoms with Crippen LogP contribution in [0.2, 0.25) is 5.02 Å². The van der Waals surface area contributed by atoms with Gasteiger partial charge in [0.1, 0.15) is 0 Å². The molecule has 4 aromatic rings. The fourth-order valence-corrected chi connectivity index (χ4v) is 4.42. The second-order valence-corrected chi connectivity index (χ2v) is 7.18. The lowest BCUT2D eigenvalue weighted by Crippen LogP contribution is -2.32. The highest BCUT2D eigenvalue weighted by Gasteiger charge is 2.42. The molecule has 0 aliphatic carbocycles. The van der Waals surface area contributed by atoms with E-state index in [1.54, 1.807) is 0 Å². The van der Waals surface area contributed by atoms with E-state index in [1.807, 2.05) is 30.3 Å². The van der Waals surface area contributed by atoms with Crippen molar-refractivity contribution in [3.05, 3.63) is 124 Å². The van der Waals surface area contributed by atoms with E-state index in [-0.39, 0.29) is 0 Å². The summed E-state index contributed by atoms with van der Waals surface area (Å²) in [5.41, 5.74) is 5.99. The van der Waals surface area contributed by atoms with E-state index in [9.17, 15) is 0 Å². The molecule has 1 heterocycles. The van der Waals surface area contributed by atoms with Gasteiger partial charge < -0.3 is 0 Å². The van der Waals surface area contributed by atoms with Crippen molar-refractivity contribution < 1.29 is 0 Å². The van der Waals surface area contributed by atoms with Gasteiger partial charge in [-0.1, -0.05) is 90.5 Å². The van der Waals surface area contributed by atoms with Crippen molar-refractivity contribution in [3.63, 3.8) is 0 Å². The van der Waals surface area contributed by atoms with E-state index in [2.05, 4.69) is 78.6 Å². The molecular weight excluding hydrogens is 352 g/mol. The predicted octanol–water partition coefficient (Wildman–Crippen LogP) is 6.06. The lowest BCUT2D eigenvalue weighted by Gasteiger charge is -2.37. The molecule has 134 valence electrons. The molecule has 3 heteroatoms. The Morgan fingerprint density at radius 2 is 1.26 bits per heavy atom. The highest BCUT2D eigenvalue weighted by atomic mass is 35.5. The molecule has 0 saturated carbocycles. The van der Waals surface area contributed by atoms with Crippen molar-refractivity contribution in [2.45, 2.75) is 19.3 Å². The van der Waals surface area contributed by atoms with Gasteiger partial charge in [-0.2, -0.15) is 5.10 Å². The predicted molar refractivity (Wildman–Crippen MR) is 111 cm³/mol. The van der Waals surface area contributed by atoms with E-state index in [4.69, 9.17) is 11.6 Å². The Balaban J connectivity index is 2.22. The van der Waals surface area contributed by atoms with Crippen LogP contribution < -0.4 is 0 Å². The van der Waals surface area contributed by atoms with Gasteiger partial charge in [0.05, 0.1) is 11.1 Å². The van der Waals surface area contributed by atoms with Crippen molar-refractivity contribution >= 4 is 11.6 Å². The summed E-state index contributed by atoms with van der Waals surface area (Å²) in [5.74, 6) is 0. The van der Waals surface area contributed by atoms with Crippen LogP contribution in [0.15, 0.2) is 84.9 Å². The first-order chi connectivity index (χ1) is 13.2. The van der Waals surface area contributed by atoms with Gasteiger partial charge in [0.15, 0.2) is 0 Å². The number of nitrogens with zero attached hydrogens (tertiary/aromatic N) is 1. The average molecular weight is 373 g/mol. The molecule has 0 radical (unpaired) electrons. The van der Waals surface area contributed by atoms with Crippen LogP contribution in [0, 0.1) is 13.8 Å². The molecule has 0 aliphatic rings. The molecule has 0 atom stereocenters. The summed E-state index contributed by atoms with van der Waals surface area (Å²) in [6.45, 7) is 4.13. The van der Waals surface area contributed by atoms with Gasteiger partial charge in [0.2, 0.25) is 0 Å². The van der Waals surface area contributed by atoms with E-state index < -0.39 is 5.41 Å². The maximum Gasteiger partial charge on any atom is 0.0751 e. The van der Waals surface area contributed by atoms with Crippen molar-refractivity contribution in [1.29, 1.82) is 0 Å². The zero-order chi connectivity index (χ0) is 18.9. The average Bonchev–Trinajstić information content (AvgIpc) is 3.05. The highest BCUT2D eigenvalue weighted by Crippen LogP contribution is 2.48. The first-order valence-corrected chi connectivity index (χ1v) is 9.41. The van der Waals surface area contributed by atoms with Crippen LogP contribution >= 0.6 is 11.6 Å². The smallest absolute Gasteiger partial charge is 0.0751 e. The number of aryl methyl sites for hydroxylation is 2. The summed E-state index contributed by atoms with van der Waals surface area (Å²) in [6.07, 6.45) is 0. The van der Waals surface area contributed by atoms with E-state index >= 15 is 0 Å². The number of hydrogen-bond donors (Lipinski definition) is 1. The Hall–Kier alpha value is -2.84. The van der Waals surface area contributed by atoms with E-state index in [1.165, 1.54) is 0 Å². The fourth-order valence-electron chi connectivity index (χ4n) is 4.15. The van der Waals surface area contributed by atoms with Gasteiger partial charge >= 0.3 is 0 Å². The number of H-pyrrole nitrogens is 1. The fraction of sp³-hybridized carbons (Fsp3) is 0.125. The van der Waals surface area contributed by atoms with Crippen LogP contribution in [0.4, 0.5) is 0 Å². The minimum absolute atomic E-state index is 0.554. The SMILES string of the molecule is Cc1n[nH]c(C)c1C(c1ccccc1)(c1ccccc1)c1ccccc1Cl. The van der Waals surface area contributed by atoms with Gasteiger partial charge in [-0.25, -0.2) is 0 Å². The molecule has 4 rings (SSSR count). The first-order valence-electron chi connectivity index (χ1n) is 9.03. The lowest BCUT2D eigenvalue weighted by atomic mass is 9.64. The molecule has 0 spiro atoms. The van der Waals surface area contributed by atoms with Crippen molar-refractivity contribution in [2.24, 2.45) is 0 Å². The maximum atomic E-state index is 6.80. The second-order valence-electron chi connectivity index (χ2n) is 6.77. The Labute approximate surface area is 164 Å². The summed E-state index contributed by atoms with van der Waals surface area (Å²) in [5, 5.41) is 8.44. The molecule has 0 unspecified atom stereocenters. The van der Waals surface area contributed by atoms with Crippen LogP contribution in [0.1, 0.15) is 33.6 Å². The molecule has 0 saturated heterocycles. The van der Waals surface area contributed by atoms with Gasteiger partial charge in [0.25, 0.3) is 0 Å². The molecule has 0 bridgehead atoms. The second kappa shape index (κ2) is 7.05. The number of benzene rings is 3. The third-order valence-electron chi connectivity index (χ3n) is 5.19. The molecular formula is C24H21ClN2. The molecule has 1 N–H and O–H groups in total. The zero-order valence-electron chi connectivity index (χ0n) is 15.4. The molecule has 2 nitrogen and oxygen atoms in total. The summed E-state index contributed by atoms with van der Waals surface area (Å²) < 4.78 is 0. The number of rotatable bonds is 4. The number of nitrogens with one attached hydrogen (secondary N) is 1. The number of halogens is 1. The summed E-state index contributed by atoms with van der Waals surface area (Å²) >= 11 is 6.80. The Kier molecular flexibility index (Phi) is 4.59. The molecule has 27 heavy (non-hydrogen) atoms. The topological polar surface area (TPSA) is 28.7 Å². The number of aromatic amines is 1. The number of hydrogen-bond acceptors (Lipinski definition) is 1.